The fourth-order valence-corrected chi connectivity index (χ4v) is 2.80. The maximum Gasteiger partial charge on any atom is 0.245 e. The highest BCUT2D eigenvalue weighted by atomic mass is 35.5. The third kappa shape index (κ3) is 2.73. The molecule has 2 fully saturated rings. The first-order chi connectivity index (χ1) is 8.24. The highest BCUT2D eigenvalue weighted by Gasteiger charge is 2.39. The molecule has 0 saturated carbocycles. The van der Waals surface area contributed by atoms with E-state index in [4.69, 9.17) is 11.6 Å². The minimum Gasteiger partial charge on any atom is -0.332 e. The Morgan fingerprint density at radius 3 is 2.82 bits per heavy atom. The molecule has 2 heterocycles. The minimum atomic E-state index is -0.180. The van der Waals surface area contributed by atoms with Crippen molar-refractivity contribution in [2.75, 3.05) is 25.5 Å². The standard InChI is InChI=1S/C12H19ClN2O2/c13-6-2-4-7-14-9-11(16)15-8-3-1-5-10(15)12(14)17/h10H,1-9H2. The normalized spacial score (nSPS) is 25.1. The van der Waals surface area contributed by atoms with E-state index in [-0.39, 0.29) is 24.4 Å². The third-order valence-electron chi connectivity index (χ3n) is 3.56. The van der Waals surface area contributed by atoms with Crippen LogP contribution in [0.2, 0.25) is 0 Å². The molecule has 2 aliphatic rings. The maximum atomic E-state index is 12.2. The highest BCUT2D eigenvalue weighted by molar-refractivity contribution is 6.17. The van der Waals surface area contributed by atoms with Crippen LogP contribution in [0.25, 0.3) is 0 Å². The number of unbranched alkanes of at least 4 members (excludes halogenated alkanes) is 1. The number of amides is 2. The lowest BCUT2D eigenvalue weighted by Crippen LogP contribution is -2.61. The molecule has 0 aliphatic carbocycles. The Morgan fingerprint density at radius 2 is 2.06 bits per heavy atom. The van der Waals surface area contributed by atoms with Gasteiger partial charge < -0.3 is 9.80 Å². The molecule has 2 aliphatic heterocycles. The molecule has 96 valence electrons. The van der Waals surface area contributed by atoms with Gasteiger partial charge in [-0.15, -0.1) is 11.6 Å². The number of carbonyl (C=O) groups excluding carboxylic acids is 2. The maximum absolute atomic E-state index is 12.2. The predicted octanol–water partition coefficient (Wildman–Crippen LogP) is 1.23. The van der Waals surface area contributed by atoms with Gasteiger partial charge in [0.25, 0.3) is 0 Å². The predicted molar refractivity (Wildman–Crippen MR) is 65.9 cm³/mol. The van der Waals surface area contributed by atoms with Crippen molar-refractivity contribution in [2.45, 2.75) is 38.1 Å². The molecule has 0 radical (unpaired) electrons. The van der Waals surface area contributed by atoms with E-state index in [0.29, 0.717) is 12.4 Å². The fourth-order valence-electron chi connectivity index (χ4n) is 2.62. The number of carbonyl (C=O) groups is 2. The molecule has 0 aromatic heterocycles. The van der Waals surface area contributed by atoms with Crippen LogP contribution >= 0.6 is 11.6 Å². The molecule has 0 spiro atoms. The van der Waals surface area contributed by atoms with Crippen LogP contribution in [0.15, 0.2) is 0 Å². The van der Waals surface area contributed by atoms with E-state index in [1.807, 2.05) is 0 Å². The summed E-state index contributed by atoms with van der Waals surface area (Å²) in [4.78, 5) is 27.6. The van der Waals surface area contributed by atoms with Crippen LogP contribution in [0.3, 0.4) is 0 Å². The highest BCUT2D eigenvalue weighted by Crippen LogP contribution is 2.23. The number of piperidine rings is 1. The quantitative estimate of drug-likeness (QED) is 0.562. The third-order valence-corrected chi connectivity index (χ3v) is 3.82. The monoisotopic (exact) mass is 258 g/mol. The second kappa shape index (κ2) is 5.71. The topological polar surface area (TPSA) is 40.6 Å². The zero-order chi connectivity index (χ0) is 12.3. The first kappa shape index (κ1) is 12.7. The van der Waals surface area contributed by atoms with E-state index in [1.165, 1.54) is 0 Å². The molecule has 5 heteroatoms. The van der Waals surface area contributed by atoms with E-state index < -0.39 is 0 Å². The summed E-state index contributed by atoms with van der Waals surface area (Å²) in [5.41, 5.74) is 0. The van der Waals surface area contributed by atoms with Crippen LogP contribution in [0.4, 0.5) is 0 Å². The molecule has 0 bridgehead atoms. The van der Waals surface area contributed by atoms with Gasteiger partial charge in [-0.2, -0.15) is 0 Å². The second-order valence-electron chi connectivity index (χ2n) is 4.75. The Bertz CT molecular complexity index is 309. The van der Waals surface area contributed by atoms with Gasteiger partial charge in [-0.3, -0.25) is 9.59 Å². The van der Waals surface area contributed by atoms with Crippen LogP contribution in [0, 0.1) is 0 Å². The molecule has 2 saturated heterocycles. The largest absolute Gasteiger partial charge is 0.332 e. The lowest BCUT2D eigenvalue weighted by molar-refractivity contribution is -0.157. The molecular formula is C12H19ClN2O2. The summed E-state index contributed by atoms with van der Waals surface area (Å²) in [6.07, 6.45) is 4.69. The van der Waals surface area contributed by atoms with Crippen LogP contribution in [-0.2, 0) is 9.59 Å². The average Bonchev–Trinajstić information content (AvgIpc) is 2.36. The van der Waals surface area contributed by atoms with Crippen molar-refractivity contribution in [1.82, 2.24) is 9.80 Å². The van der Waals surface area contributed by atoms with Crippen molar-refractivity contribution in [3.8, 4) is 0 Å². The smallest absolute Gasteiger partial charge is 0.245 e. The van der Waals surface area contributed by atoms with Crippen molar-refractivity contribution < 1.29 is 9.59 Å². The van der Waals surface area contributed by atoms with Gasteiger partial charge in [0.1, 0.15) is 6.04 Å². The van der Waals surface area contributed by atoms with E-state index in [2.05, 4.69) is 0 Å². The summed E-state index contributed by atoms with van der Waals surface area (Å²) in [5.74, 6) is 0.866. The van der Waals surface area contributed by atoms with Gasteiger partial charge >= 0.3 is 0 Å². The molecule has 0 N–H and O–H groups in total. The number of rotatable bonds is 4. The van der Waals surface area contributed by atoms with Crippen LogP contribution in [0.1, 0.15) is 32.1 Å². The van der Waals surface area contributed by atoms with Crippen LogP contribution in [0.5, 0.6) is 0 Å². The van der Waals surface area contributed by atoms with E-state index in [0.717, 1.165) is 38.6 Å². The molecule has 0 aromatic rings. The van der Waals surface area contributed by atoms with Crippen molar-refractivity contribution in [3.05, 3.63) is 0 Å². The van der Waals surface area contributed by atoms with Crippen molar-refractivity contribution >= 4 is 23.4 Å². The Morgan fingerprint density at radius 1 is 1.24 bits per heavy atom. The summed E-state index contributed by atoms with van der Waals surface area (Å²) >= 11 is 5.62. The summed E-state index contributed by atoms with van der Waals surface area (Å²) in [5, 5.41) is 0. The van der Waals surface area contributed by atoms with E-state index >= 15 is 0 Å². The molecule has 2 rings (SSSR count). The number of hydrogen-bond acceptors (Lipinski definition) is 2. The Hall–Kier alpha value is -0.770. The first-order valence-corrected chi connectivity index (χ1v) is 6.91. The van der Waals surface area contributed by atoms with Crippen molar-refractivity contribution in [1.29, 1.82) is 0 Å². The Balaban J connectivity index is 1.96. The molecule has 2 amide bonds. The number of alkyl halides is 1. The van der Waals surface area contributed by atoms with Gasteiger partial charge in [-0.1, -0.05) is 0 Å². The average molecular weight is 259 g/mol. The number of piperazine rings is 1. The van der Waals surface area contributed by atoms with Crippen LogP contribution < -0.4 is 0 Å². The van der Waals surface area contributed by atoms with Gasteiger partial charge in [-0.05, 0) is 32.1 Å². The molecule has 0 aromatic carbocycles. The summed E-state index contributed by atoms with van der Waals surface area (Å²) in [6, 6.07) is -0.180. The van der Waals surface area contributed by atoms with E-state index in [1.54, 1.807) is 9.80 Å². The summed E-state index contributed by atoms with van der Waals surface area (Å²) in [7, 11) is 0. The number of nitrogens with zero attached hydrogens (tertiary/aromatic N) is 2. The van der Waals surface area contributed by atoms with Crippen molar-refractivity contribution in [3.63, 3.8) is 0 Å². The first-order valence-electron chi connectivity index (χ1n) is 6.38. The molecule has 17 heavy (non-hydrogen) atoms. The minimum absolute atomic E-state index is 0.111. The van der Waals surface area contributed by atoms with Gasteiger partial charge in [0.2, 0.25) is 11.8 Å². The lowest BCUT2D eigenvalue weighted by Gasteiger charge is -2.42. The van der Waals surface area contributed by atoms with Gasteiger partial charge in [0, 0.05) is 19.0 Å². The van der Waals surface area contributed by atoms with Crippen molar-refractivity contribution in [2.24, 2.45) is 0 Å². The second-order valence-corrected chi connectivity index (χ2v) is 5.13. The molecule has 1 unspecified atom stereocenters. The SMILES string of the molecule is O=C1C2CCCCN2C(=O)CN1CCCCCl. The van der Waals surface area contributed by atoms with Gasteiger partial charge in [-0.25, -0.2) is 0 Å². The Kier molecular flexibility index (Phi) is 4.26. The van der Waals surface area contributed by atoms with Gasteiger partial charge in [0.05, 0.1) is 6.54 Å². The van der Waals surface area contributed by atoms with Gasteiger partial charge in [0.15, 0.2) is 0 Å². The Labute approximate surface area is 107 Å². The zero-order valence-electron chi connectivity index (χ0n) is 10.0. The molecule has 4 nitrogen and oxygen atoms in total. The molecular weight excluding hydrogens is 240 g/mol. The summed E-state index contributed by atoms with van der Waals surface area (Å²) in [6.45, 7) is 1.68. The van der Waals surface area contributed by atoms with E-state index in [9.17, 15) is 9.59 Å². The lowest BCUT2D eigenvalue weighted by atomic mass is 9.98. The zero-order valence-corrected chi connectivity index (χ0v) is 10.8. The fraction of sp³-hybridized carbons (Fsp3) is 0.833. The summed E-state index contributed by atoms with van der Waals surface area (Å²) < 4.78 is 0. The number of hydrogen-bond donors (Lipinski definition) is 0. The number of halogens is 1. The molecule has 1 atom stereocenters. The number of fused-ring (bicyclic) bond motifs is 1. The van der Waals surface area contributed by atoms with Crippen LogP contribution in [-0.4, -0.2) is 53.2 Å².